The molecule has 0 aromatic heterocycles. The van der Waals surface area contributed by atoms with E-state index in [9.17, 15) is 14.6 Å². The average Bonchev–Trinajstić information content (AvgIpc) is 3.55. The maximum Gasteiger partial charge on any atom is 0.170 e. The quantitative estimate of drug-likeness (QED) is 0.381. The predicted octanol–water partition coefficient (Wildman–Crippen LogP) is 5.19. The molecule has 2 aliphatic heterocycles. The van der Waals surface area contributed by atoms with E-state index < -0.39 is 11.7 Å². The summed E-state index contributed by atoms with van der Waals surface area (Å²) in [5.74, 6) is 2.76. The topological polar surface area (TPSA) is 91.6 Å². The van der Waals surface area contributed by atoms with E-state index >= 15 is 0 Å². The van der Waals surface area contributed by atoms with Gasteiger partial charge in [0, 0.05) is 28.2 Å². The Morgan fingerprint density at radius 1 is 1.00 bits per heavy atom. The number of nitrogens with zero attached hydrogens (tertiary/aromatic N) is 1. The fourth-order valence-corrected chi connectivity index (χ4v) is 12.4. The molecule has 2 spiro atoms. The van der Waals surface area contributed by atoms with Crippen LogP contribution in [0.15, 0.2) is 0 Å². The van der Waals surface area contributed by atoms with Crippen molar-refractivity contribution in [3.05, 3.63) is 0 Å². The van der Waals surface area contributed by atoms with Crippen LogP contribution in [-0.2, 0) is 14.2 Å². The van der Waals surface area contributed by atoms with Crippen LogP contribution in [0.1, 0.15) is 100 Å². The number of halogens is 1. The monoisotopic (exact) mass is 611 g/mol. The highest BCUT2D eigenvalue weighted by atomic mass is 19.1. The number of alkyl halides is 1. The van der Waals surface area contributed by atoms with Crippen LogP contribution in [0.2, 0.25) is 0 Å². The molecule has 2 heterocycles. The number of morpholine rings is 1. The third kappa shape index (κ3) is 4.98. The summed E-state index contributed by atoms with van der Waals surface area (Å²) in [6.07, 6.45) is 11.2. The zero-order valence-electron chi connectivity index (χ0n) is 27.7. The third-order valence-corrected chi connectivity index (χ3v) is 14.5. The molecule has 250 valence electrons. The summed E-state index contributed by atoms with van der Waals surface area (Å²) in [5.41, 5.74) is 0.249. The van der Waals surface area contributed by atoms with Gasteiger partial charge >= 0.3 is 0 Å². The van der Waals surface area contributed by atoms with Crippen LogP contribution in [0.3, 0.4) is 0 Å². The molecule has 2 saturated heterocycles. The summed E-state index contributed by atoms with van der Waals surface area (Å²) in [4.78, 5) is 2.14. The first-order valence-corrected chi connectivity index (χ1v) is 17.4. The molecule has 8 heteroatoms. The van der Waals surface area contributed by atoms with Crippen molar-refractivity contribution in [3.63, 3.8) is 0 Å². The Hall–Kier alpha value is -0.350. The molecular formula is C35H62FNO6. The third-order valence-electron chi connectivity index (χ3n) is 14.5. The second kappa shape index (κ2) is 11.4. The molecule has 3 N–H and O–H groups in total. The van der Waals surface area contributed by atoms with Gasteiger partial charge in [0.05, 0.1) is 30.5 Å². The normalized spacial score (nSPS) is 49.3. The van der Waals surface area contributed by atoms with E-state index in [0.29, 0.717) is 53.7 Å². The molecule has 12 atom stereocenters. The highest BCUT2D eigenvalue weighted by molar-refractivity contribution is 5.29. The van der Waals surface area contributed by atoms with Gasteiger partial charge < -0.3 is 29.5 Å². The minimum atomic E-state index is -1.14. The summed E-state index contributed by atoms with van der Waals surface area (Å²) in [7, 11) is 1.00. The lowest BCUT2D eigenvalue weighted by Crippen LogP contribution is -2.56. The van der Waals surface area contributed by atoms with Crippen molar-refractivity contribution in [3.8, 4) is 0 Å². The van der Waals surface area contributed by atoms with Crippen molar-refractivity contribution in [2.45, 2.75) is 135 Å². The van der Waals surface area contributed by atoms with Gasteiger partial charge in [-0.25, -0.2) is 4.39 Å². The van der Waals surface area contributed by atoms with Gasteiger partial charge in [0.15, 0.2) is 6.29 Å². The van der Waals surface area contributed by atoms with Gasteiger partial charge in [0.2, 0.25) is 0 Å². The van der Waals surface area contributed by atoms with Crippen molar-refractivity contribution in [1.82, 2.24) is 4.90 Å². The van der Waals surface area contributed by atoms with Crippen LogP contribution < -0.4 is 0 Å². The van der Waals surface area contributed by atoms with Gasteiger partial charge in [0.1, 0.15) is 12.8 Å². The Morgan fingerprint density at radius 3 is 2.47 bits per heavy atom. The number of hydrogen-bond acceptors (Lipinski definition) is 7. The van der Waals surface area contributed by atoms with Crippen LogP contribution in [0.5, 0.6) is 0 Å². The van der Waals surface area contributed by atoms with Gasteiger partial charge in [-0.05, 0) is 123 Å². The zero-order chi connectivity index (χ0) is 31.0. The van der Waals surface area contributed by atoms with E-state index in [1.54, 1.807) is 13.8 Å². The Kier molecular flexibility index (Phi) is 8.65. The molecule has 7 fully saturated rings. The summed E-state index contributed by atoms with van der Waals surface area (Å²) < 4.78 is 32.4. The molecule has 5 aliphatic carbocycles. The fraction of sp³-hybridized carbons (Fsp3) is 1.00. The molecule has 9 unspecified atom stereocenters. The molecule has 7 aliphatic rings. The number of aliphatic hydroxyl groups is 3. The van der Waals surface area contributed by atoms with Crippen molar-refractivity contribution >= 4 is 0 Å². The van der Waals surface area contributed by atoms with Gasteiger partial charge in [-0.2, -0.15) is 0 Å². The zero-order valence-corrected chi connectivity index (χ0v) is 27.7. The molecule has 7 rings (SSSR count). The first-order chi connectivity index (χ1) is 20.4. The lowest BCUT2D eigenvalue weighted by atomic mass is 9.46. The summed E-state index contributed by atoms with van der Waals surface area (Å²) >= 11 is 0. The predicted molar refractivity (Wildman–Crippen MR) is 165 cm³/mol. The van der Waals surface area contributed by atoms with E-state index in [-0.39, 0.29) is 38.1 Å². The minimum absolute atomic E-state index is 0. The van der Waals surface area contributed by atoms with E-state index in [0.717, 1.165) is 45.3 Å². The van der Waals surface area contributed by atoms with Gasteiger partial charge in [-0.1, -0.05) is 20.8 Å². The standard InChI is InChI=1S/C34H56FNO5.CH4O.H2/c1-30(2)26-9-7-21-23-18-25-22(6-8-24(40-25)29(37)31(3,4)38)32(23,5)12-13-33(21)20-34(26,33)11-10-27(30)41-28-19-36(15-14-35)16-17-39-28;1-2;/h21-29,37-38H,6-20H2,1-5H3;2H,1H3;1H/t21?,22?,23?,24?,25?,26?,27-,28?,29-,32?,33-,34?;;/m0../s1. The first kappa shape index (κ1) is 32.6. The van der Waals surface area contributed by atoms with Crippen LogP contribution in [-0.4, -0.2) is 96.6 Å². The molecule has 0 bridgehead atoms. The van der Waals surface area contributed by atoms with Crippen LogP contribution in [0, 0.1) is 45.3 Å². The molecule has 0 aromatic carbocycles. The molecule has 0 radical (unpaired) electrons. The Bertz CT molecular complexity index is 1010. The molecule has 0 amide bonds. The van der Waals surface area contributed by atoms with Gasteiger partial charge in [-0.15, -0.1) is 0 Å². The minimum Gasteiger partial charge on any atom is -0.400 e. The lowest BCUT2D eigenvalue weighted by molar-refractivity contribution is -0.245. The van der Waals surface area contributed by atoms with E-state index in [4.69, 9.17) is 19.3 Å². The van der Waals surface area contributed by atoms with Crippen LogP contribution >= 0.6 is 0 Å². The number of ether oxygens (including phenoxy) is 3. The summed E-state index contributed by atoms with van der Waals surface area (Å²) in [6.45, 7) is 13.2. The van der Waals surface area contributed by atoms with Crippen molar-refractivity contribution in [2.24, 2.45) is 45.3 Å². The van der Waals surface area contributed by atoms with E-state index in [1.165, 1.54) is 38.5 Å². The Labute approximate surface area is 260 Å². The Morgan fingerprint density at radius 2 is 1.74 bits per heavy atom. The van der Waals surface area contributed by atoms with E-state index in [1.807, 2.05) is 0 Å². The smallest absolute Gasteiger partial charge is 0.170 e. The molecule has 0 aromatic rings. The van der Waals surface area contributed by atoms with Gasteiger partial charge in [-0.3, -0.25) is 4.90 Å². The number of hydrogen-bond donors (Lipinski definition) is 3. The van der Waals surface area contributed by atoms with Crippen molar-refractivity contribution < 1.29 is 35.3 Å². The average molecular weight is 612 g/mol. The highest BCUT2D eigenvalue weighted by Gasteiger charge is 2.80. The highest BCUT2D eigenvalue weighted by Crippen LogP contribution is 2.87. The summed E-state index contributed by atoms with van der Waals surface area (Å²) in [6, 6.07) is 0. The SMILES string of the molecule is CC12CC[C@@]34CC35CC[C@H](OC3CN(CCF)CCO3)C(C)(C)C5CCC4C1CC1OC([C@H](O)C(C)(C)O)CCC12.CO.[HH]. The molecule has 43 heavy (non-hydrogen) atoms. The van der Waals surface area contributed by atoms with Crippen molar-refractivity contribution in [1.29, 1.82) is 0 Å². The van der Waals surface area contributed by atoms with E-state index in [2.05, 4.69) is 25.7 Å². The molecule has 7 nitrogen and oxygen atoms in total. The number of rotatable bonds is 6. The fourth-order valence-electron chi connectivity index (χ4n) is 12.4. The second-order valence-electron chi connectivity index (χ2n) is 16.8. The maximum absolute atomic E-state index is 13.0. The largest absolute Gasteiger partial charge is 0.400 e. The molecule has 5 saturated carbocycles. The second-order valence-corrected chi connectivity index (χ2v) is 16.8. The lowest BCUT2D eigenvalue weighted by Gasteiger charge is -2.60. The number of fused-ring (bicyclic) bond motifs is 4. The summed E-state index contributed by atoms with van der Waals surface area (Å²) in [5, 5.41) is 28.3. The maximum atomic E-state index is 13.0. The van der Waals surface area contributed by atoms with Crippen molar-refractivity contribution in [2.75, 3.05) is 40.0 Å². The molecular weight excluding hydrogens is 549 g/mol. The first-order valence-electron chi connectivity index (χ1n) is 17.4. The Balaban J connectivity index is 0.00000126. The number of aliphatic hydroxyl groups excluding tert-OH is 2. The van der Waals surface area contributed by atoms with Gasteiger partial charge in [0.25, 0.3) is 0 Å². The van der Waals surface area contributed by atoms with Crippen LogP contribution in [0.4, 0.5) is 4.39 Å². The van der Waals surface area contributed by atoms with Crippen LogP contribution in [0.25, 0.3) is 0 Å².